The van der Waals surface area contributed by atoms with Crippen LogP contribution in [0.1, 0.15) is 34.0 Å². The van der Waals surface area contributed by atoms with Crippen molar-refractivity contribution in [2.24, 2.45) is 0 Å². The molecule has 0 heterocycles. The van der Waals surface area contributed by atoms with Crippen LogP contribution in [-0.4, -0.2) is 25.2 Å². The first-order chi connectivity index (χ1) is 13.4. The van der Waals surface area contributed by atoms with E-state index < -0.39 is 44.7 Å². The molecular weight excluding hydrogens is 454 g/mol. The average molecular weight is 470 g/mol. The number of benzene rings is 2. The van der Waals surface area contributed by atoms with E-state index in [2.05, 4.69) is 5.32 Å². The van der Waals surface area contributed by atoms with Gasteiger partial charge in [-0.3, -0.25) is 4.79 Å². The highest BCUT2D eigenvalue weighted by Gasteiger charge is 2.35. The average Bonchev–Trinajstić information content (AvgIpc) is 2.64. The van der Waals surface area contributed by atoms with Crippen molar-refractivity contribution in [2.75, 3.05) is 5.75 Å². The normalized spacial score (nSPS) is 12.1. The molecule has 1 amide bonds. The molecule has 0 saturated heterocycles. The summed E-state index contributed by atoms with van der Waals surface area (Å²) in [6.07, 6.45) is -4.83. The van der Waals surface area contributed by atoms with Gasteiger partial charge < -0.3 is 10.4 Å². The van der Waals surface area contributed by atoms with Crippen molar-refractivity contribution in [1.82, 2.24) is 5.32 Å². The molecule has 0 fully saturated rings. The Morgan fingerprint density at radius 3 is 2.38 bits per heavy atom. The molecule has 11 heteroatoms. The Morgan fingerprint density at radius 1 is 1.17 bits per heavy atom. The number of aliphatic hydroxyl groups is 1. The smallest absolute Gasteiger partial charge is 0.392 e. The van der Waals surface area contributed by atoms with E-state index in [1.54, 1.807) is 0 Å². The lowest BCUT2D eigenvalue weighted by Crippen LogP contribution is -2.25. The summed E-state index contributed by atoms with van der Waals surface area (Å²) in [5.74, 6) is -1.08. The van der Waals surface area contributed by atoms with Gasteiger partial charge in [-0.05, 0) is 35.9 Å². The minimum absolute atomic E-state index is 0.0330. The maximum atomic E-state index is 13.2. The van der Waals surface area contributed by atoms with Crippen molar-refractivity contribution >= 4 is 38.9 Å². The van der Waals surface area contributed by atoms with Crippen molar-refractivity contribution in [3.63, 3.8) is 0 Å². The van der Waals surface area contributed by atoms with Crippen LogP contribution >= 0.6 is 23.2 Å². The quantitative estimate of drug-likeness (QED) is 0.662. The molecule has 0 aliphatic heterocycles. The number of aliphatic hydroxyl groups excluding tert-OH is 1. The van der Waals surface area contributed by atoms with E-state index in [9.17, 15) is 26.4 Å². The van der Waals surface area contributed by atoms with Gasteiger partial charge in [-0.25, -0.2) is 8.42 Å². The number of hydrogen-bond donors (Lipinski definition) is 2. The molecule has 0 unspecified atom stereocenters. The zero-order valence-electron chi connectivity index (χ0n) is 15.0. The van der Waals surface area contributed by atoms with Crippen molar-refractivity contribution in [3.05, 3.63) is 62.6 Å². The van der Waals surface area contributed by atoms with Gasteiger partial charge in [0.2, 0.25) is 0 Å². The van der Waals surface area contributed by atoms with Crippen molar-refractivity contribution < 1.29 is 31.5 Å². The summed E-state index contributed by atoms with van der Waals surface area (Å²) in [5.41, 5.74) is -1.96. The molecule has 0 aromatic heterocycles. The number of amides is 1. The summed E-state index contributed by atoms with van der Waals surface area (Å²) in [5, 5.41) is 11.3. The molecule has 2 aromatic carbocycles. The Bertz CT molecular complexity index is 1040. The predicted octanol–water partition coefficient (Wildman–Crippen LogP) is 4.23. The third kappa shape index (κ3) is 5.42. The maximum absolute atomic E-state index is 13.2. The molecule has 2 aromatic rings. The molecule has 0 saturated carbocycles. The first-order valence-electron chi connectivity index (χ1n) is 8.20. The van der Waals surface area contributed by atoms with E-state index in [1.807, 2.05) is 0 Å². The van der Waals surface area contributed by atoms with E-state index in [1.165, 1.54) is 25.1 Å². The molecule has 2 rings (SSSR count). The van der Waals surface area contributed by atoms with Crippen LogP contribution in [0, 0.1) is 0 Å². The first kappa shape index (κ1) is 23.5. The topological polar surface area (TPSA) is 83.5 Å². The molecule has 0 spiro atoms. The molecule has 0 atom stereocenters. The minimum Gasteiger partial charge on any atom is -0.392 e. The Balaban J connectivity index is 2.36. The molecular formula is C18H16Cl2F3NO4S. The fourth-order valence-corrected chi connectivity index (χ4v) is 4.19. The maximum Gasteiger partial charge on any atom is 0.416 e. The SMILES string of the molecule is CCS(=O)(=O)c1ccc(Cl)cc1CNC(=O)c1cc(Cl)c(CO)c(C(F)(F)F)c1. The summed E-state index contributed by atoms with van der Waals surface area (Å²) in [6, 6.07) is 5.62. The molecule has 0 radical (unpaired) electrons. The van der Waals surface area contributed by atoms with Crippen LogP contribution < -0.4 is 5.32 Å². The van der Waals surface area contributed by atoms with Crippen LogP contribution in [0.3, 0.4) is 0 Å². The van der Waals surface area contributed by atoms with Crippen molar-refractivity contribution in [1.29, 1.82) is 0 Å². The third-order valence-corrected chi connectivity index (χ3v) is 6.50. The van der Waals surface area contributed by atoms with Crippen LogP contribution in [-0.2, 0) is 29.2 Å². The van der Waals surface area contributed by atoms with Gasteiger partial charge >= 0.3 is 6.18 Å². The van der Waals surface area contributed by atoms with Crippen LogP contribution in [0.15, 0.2) is 35.2 Å². The standard InChI is InChI=1S/C18H16Cl2F3NO4S/c1-2-29(27,28)16-4-3-12(19)5-11(16)8-24-17(26)10-6-14(18(21,22)23)13(9-25)15(20)7-10/h3-7,25H,2,8-9H2,1H3,(H,24,26). The zero-order valence-corrected chi connectivity index (χ0v) is 17.3. The number of halogens is 5. The van der Waals surface area contributed by atoms with Crippen LogP contribution in [0.4, 0.5) is 13.2 Å². The van der Waals surface area contributed by atoms with E-state index in [0.717, 1.165) is 6.07 Å². The van der Waals surface area contributed by atoms with Gasteiger partial charge in [0.15, 0.2) is 9.84 Å². The summed E-state index contributed by atoms with van der Waals surface area (Å²) >= 11 is 11.7. The highest BCUT2D eigenvalue weighted by molar-refractivity contribution is 7.91. The monoisotopic (exact) mass is 469 g/mol. The number of rotatable bonds is 6. The summed E-state index contributed by atoms with van der Waals surface area (Å²) in [6.45, 7) is 0.223. The van der Waals surface area contributed by atoms with Crippen LogP contribution in [0.5, 0.6) is 0 Å². The van der Waals surface area contributed by atoms with Crippen molar-refractivity contribution in [2.45, 2.75) is 31.1 Å². The number of sulfone groups is 1. The van der Waals surface area contributed by atoms with Gasteiger partial charge in [-0.1, -0.05) is 30.1 Å². The van der Waals surface area contributed by atoms with Gasteiger partial charge in [0, 0.05) is 27.7 Å². The van der Waals surface area contributed by atoms with Crippen LogP contribution in [0.2, 0.25) is 10.0 Å². The highest BCUT2D eigenvalue weighted by Crippen LogP contribution is 2.36. The van der Waals surface area contributed by atoms with Gasteiger partial charge in [0.1, 0.15) is 0 Å². The molecule has 0 aliphatic carbocycles. The Morgan fingerprint density at radius 2 is 1.83 bits per heavy atom. The van der Waals surface area contributed by atoms with E-state index in [4.69, 9.17) is 28.3 Å². The molecule has 29 heavy (non-hydrogen) atoms. The highest BCUT2D eigenvalue weighted by atomic mass is 35.5. The summed E-state index contributed by atoms with van der Waals surface area (Å²) in [7, 11) is -3.61. The molecule has 2 N–H and O–H groups in total. The fourth-order valence-electron chi connectivity index (χ4n) is 2.60. The Kier molecular flexibility index (Phi) is 7.21. The second kappa shape index (κ2) is 8.91. The molecule has 5 nitrogen and oxygen atoms in total. The zero-order chi connectivity index (χ0) is 22.0. The molecule has 158 valence electrons. The lowest BCUT2D eigenvalue weighted by Gasteiger charge is -2.15. The Labute approximate surface area is 175 Å². The van der Waals surface area contributed by atoms with Gasteiger partial charge in [-0.15, -0.1) is 0 Å². The van der Waals surface area contributed by atoms with Gasteiger partial charge in [0.05, 0.1) is 22.8 Å². The fraction of sp³-hybridized carbons (Fsp3) is 0.278. The summed E-state index contributed by atoms with van der Waals surface area (Å²) in [4.78, 5) is 12.3. The minimum atomic E-state index is -4.83. The molecule has 0 bridgehead atoms. The van der Waals surface area contributed by atoms with E-state index >= 15 is 0 Å². The lowest BCUT2D eigenvalue weighted by molar-refractivity contribution is -0.138. The Hall–Kier alpha value is -1.81. The van der Waals surface area contributed by atoms with Crippen molar-refractivity contribution in [3.8, 4) is 0 Å². The number of carbonyl (C=O) groups excluding carboxylic acids is 1. The number of carbonyl (C=O) groups is 1. The largest absolute Gasteiger partial charge is 0.416 e. The first-order valence-corrected chi connectivity index (χ1v) is 10.6. The van der Waals surface area contributed by atoms with Gasteiger partial charge in [0.25, 0.3) is 5.91 Å². The second-order valence-electron chi connectivity index (χ2n) is 5.98. The van der Waals surface area contributed by atoms with Gasteiger partial charge in [-0.2, -0.15) is 13.2 Å². The number of alkyl halides is 3. The van der Waals surface area contributed by atoms with Crippen LogP contribution in [0.25, 0.3) is 0 Å². The second-order valence-corrected chi connectivity index (χ2v) is 9.07. The van der Waals surface area contributed by atoms with E-state index in [-0.39, 0.29) is 33.3 Å². The van der Waals surface area contributed by atoms with E-state index in [0.29, 0.717) is 6.07 Å². The molecule has 0 aliphatic rings. The lowest BCUT2D eigenvalue weighted by atomic mass is 10.0. The predicted molar refractivity (Wildman–Crippen MR) is 103 cm³/mol. The summed E-state index contributed by atoms with van der Waals surface area (Å²) < 4.78 is 64.0. The number of hydrogen-bond acceptors (Lipinski definition) is 4. The number of nitrogens with one attached hydrogen (secondary N) is 1. The third-order valence-electron chi connectivity index (χ3n) is 4.10.